The molecule has 0 spiro atoms. The van der Waals surface area contributed by atoms with Crippen molar-refractivity contribution in [3.8, 4) is 5.75 Å². The Bertz CT molecular complexity index is 1180. The van der Waals surface area contributed by atoms with Crippen LogP contribution >= 0.6 is 11.8 Å². The summed E-state index contributed by atoms with van der Waals surface area (Å²) in [4.78, 5) is 24.5. The highest BCUT2D eigenvalue weighted by Gasteiger charge is 2.15. The summed E-state index contributed by atoms with van der Waals surface area (Å²) in [6.45, 7) is 8.87. The van der Waals surface area contributed by atoms with E-state index in [0.717, 1.165) is 23.3 Å². The quantitative estimate of drug-likeness (QED) is 0.291. The Labute approximate surface area is 210 Å². The van der Waals surface area contributed by atoms with Gasteiger partial charge in [-0.2, -0.15) is 0 Å². The van der Waals surface area contributed by atoms with Gasteiger partial charge in [-0.15, -0.1) is 10.2 Å². The van der Waals surface area contributed by atoms with Crippen LogP contribution in [0.15, 0.2) is 47.6 Å². The predicted octanol–water partition coefficient (Wildman–Crippen LogP) is 5.12. The zero-order valence-corrected chi connectivity index (χ0v) is 21.6. The molecule has 0 saturated carbocycles. The monoisotopic (exact) mass is 496 g/mol. The van der Waals surface area contributed by atoms with Gasteiger partial charge in [0.25, 0.3) is 0 Å². The molecule has 1 heterocycles. The number of aromatic nitrogens is 3. The van der Waals surface area contributed by atoms with Gasteiger partial charge in [-0.05, 0) is 54.7 Å². The highest BCUT2D eigenvalue weighted by atomic mass is 32.2. The number of nitrogens with one attached hydrogen (secondary N) is 1. The van der Waals surface area contributed by atoms with E-state index in [1.807, 2.05) is 31.5 Å². The molecule has 0 radical (unpaired) electrons. The standard InChI is InChI=1S/C26H32N4O4S/c1-6-12-33-25(32)19-8-7-9-20(14-19)27-24(31)16-35-26-29-28-23(30(26)5)15-34-22-13-18(4)10-11-21(22)17(2)3/h7-11,13-14,17H,6,12,15-16H2,1-5H3,(H,27,31). The summed E-state index contributed by atoms with van der Waals surface area (Å²) in [6.07, 6.45) is 0.750. The highest BCUT2D eigenvalue weighted by Crippen LogP contribution is 2.28. The molecule has 186 valence electrons. The fourth-order valence-electron chi connectivity index (χ4n) is 3.31. The smallest absolute Gasteiger partial charge is 0.338 e. The van der Waals surface area contributed by atoms with Crippen LogP contribution in [-0.2, 0) is 23.2 Å². The lowest BCUT2D eigenvalue weighted by atomic mass is 10.0. The van der Waals surface area contributed by atoms with Crippen molar-refractivity contribution >= 4 is 29.3 Å². The number of nitrogens with zero attached hydrogens (tertiary/aromatic N) is 3. The molecule has 1 amide bonds. The molecule has 0 saturated heterocycles. The van der Waals surface area contributed by atoms with E-state index >= 15 is 0 Å². The maximum atomic E-state index is 12.5. The molecule has 0 unspecified atom stereocenters. The Morgan fingerprint density at radius 1 is 1.14 bits per heavy atom. The van der Waals surface area contributed by atoms with Crippen LogP contribution in [0.5, 0.6) is 5.75 Å². The molecule has 8 nitrogen and oxygen atoms in total. The van der Waals surface area contributed by atoms with Gasteiger partial charge in [-0.3, -0.25) is 4.79 Å². The molecule has 0 fully saturated rings. The van der Waals surface area contributed by atoms with Crippen molar-refractivity contribution in [2.45, 2.75) is 51.8 Å². The lowest BCUT2D eigenvalue weighted by molar-refractivity contribution is -0.113. The topological polar surface area (TPSA) is 95.3 Å². The summed E-state index contributed by atoms with van der Waals surface area (Å²) in [5.41, 5.74) is 3.21. The van der Waals surface area contributed by atoms with Gasteiger partial charge in [-0.25, -0.2) is 4.79 Å². The Kier molecular flexibility index (Phi) is 9.31. The minimum absolute atomic E-state index is 0.146. The van der Waals surface area contributed by atoms with E-state index in [1.54, 1.807) is 24.3 Å². The lowest BCUT2D eigenvalue weighted by Crippen LogP contribution is -2.15. The van der Waals surface area contributed by atoms with Gasteiger partial charge in [-0.1, -0.05) is 50.7 Å². The third-order valence-corrected chi connectivity index (χ3v) is 6.24. The van der Waals surface area contributed by atoms with Crippen molar-refractivity contribution in [2.75, 3.05) is 17.7 Å². The SMILES string of the molecule is CCCOC(=O)c1cccc(NC(=O)CSc2nnc(COc3cc(C)ccc3C(C)C)n2C)c1. The Morgan fingerprint density at radius 3 is 2.69 bits per heavy atom. The summed E-state index contributed by atoms with van der Waals surface area (Å²) < 4.78 is 13.0. The maximum absolute atomic E-state index is 12.5. The van der Waals surface area contributed by atoms with Crippen molar-refractivity contribution in [2.24, 2.45) is 7.05 Å². The summed E-state index contributed by atoms with van der Waals surface area (Å²) in [6, 6.07) is 12.9. The van der Waals surface area contributed by atoms with Crippen LogP contribution in [0.4, 0.5) is 5.69 Å². The average molecular weight is 497 g/mol. The lowest BCUT2D eigenvalue weighted by Gasteiger charge is -2.14. The van der Waals surface area contributed by atoms with Gasteiger partial charge in [0.2, 0.25) is 5.91 Å². The van der Waals surface area contributed by atoms with E-state index in [4.69, 9.17) is 9.47 Å². The molecule has 1 N–H and O–H groups in total. The Balaban J connectivity index is 1.56. The first-order chi connectivity index (χ1) is 16.8. The van der Waals surface area contributed by atoms with Crippen molar-refractivity contribution in [3.05, 3.63) is 65.0 Å². The first kappa shape index (κ1) is 26.3. The molecule has 3 rings (SSSR count). The van der Waals surface area contributed by atoms with E-state index in [0.29, 0.717) is 34.8 Å². The minimum atomic E-state index is -0.405. The first-order valence-corrected chi connectivity index (χ1v) is 12.6. The molecular weight excluding hydrogens is 464 g/mol. The van der Waals surface area contributed by atoms with Gasteiger partial charge in [0, 0.05) is 12.7 Å². The molecule has 0 atom stereocenters. The van der Waals surface area contributed by atoms with Crippen LogP contribution in [0.25, 0.3) is 0 Å². The molecule has 0 aliphatic rings. The van der Waals surface area contributed by atoms with Crippen LogP contribution in [-0.4, -0.2) is 39.0 Å². The molecule has 0 aliphatic carbocycles. The zero-order chi connectivity index (χ0) is 25.4. The number of aryl methyl sites for hydroxylation is 1. The number of thioether (sulfide) groups is 1. The number of hydrogen-bond acceptors (Lipinski definition) is 7. The summed E-state index contributed by atoms with van der Waals surface area (Å²) >= 11 is 1.28. The molecule has 35 heavy (non-hydrogen) atoms. The van der Waals surface area contributed by atoms with Gasteiger partial charge in [0.1, 0.15) is 12.4 Å². The van der Waals surface area contributed by atoms with Gasteiger partial charge >= 0.3 is 5.97 Å². The number of benzene rings is 2. The third kappa shape index (κ3) is 7.32. The molecule has 1 aromatic heterocycles. The number of amides is 1. The number of esters is 1. The normalized spacial score (nSPS) is 10.9. The number of carbonyl (C=O) groups excluding carboxylic acids is 2. The van der Waals surface area contributed by atoms with Gasteiger partial charge in [0.15, 0.2) is 11.0 Å². The highest BCUT2D eigenvalue weighted by molar-refractivity contribution is 7.99. The minimum Gasteiger partial charge on any atom is -0.485 e. The van der Waals surface area contributed by atoms with E-state index in [-0.39, 0.29) is 18.3 Å². The number of ether oxygens (including phenoxy) is 2. The fraction of sp³-hybridized carbons (Fsp3) is 0.385. The van der Waals surface area contributed by atoms with Crippen molar-refractivity contribution in [1.29, 1.82) is 0 Å². The first-order valence-electron chi connectivity index (χ1n) is 11.6. The average Bonchev–Trinajstić information content (AvgIpc) is 3.19. The zero-order valence-electron chi connectivity index (χ0n) is 20.8. The van der Waals surface area contributed by atoms with Crippen LogP contribution < -0.4 is 10.1 Å². The maximum Gasteiger partial charge on any atom is 0.338 e. The van der Waals surface area contributed by atoms with Crippen LogP contribution in [0.1, 0.15) is 60.4 Å². The van der Waals surface area contributed by atoms with Crippen LogP contribution in [0.3, 0.4) is 0 Å². The van der Waals surface area contributed by atoms with Gasteiger partial charge < -0.3 is 19.4 Å². The Morgan fingerprint density at radius 2 is 1.94 bits per heavy atom. The fourth-order valence-corrected chi connectivity index (χ4v) is 4.04. The summed E-state index contributed by atoms with van der Waals surface area (Å²) in [5.74, 6) is 1.39. The molecule has 0 bridgehead atoms. The largest absolute Gasteiger partial charge is 0.485 e. The van der Waals surface area contributed by atoms with Crippen LogP contribution in [0.2, 0.25) is 0 Å². The second-order valence-corrected chi connectivity index (χ2v) is 9.44. The predicted molar refractivity (Wildman–Crippen MR) is 137 cm³/mol. The van der Waals surface area contributed by atoms with E-state index in [1.165, 1.54) is 11.8 Å². The summed E-state index contributed by atoms with van der Waals surface area (Å²) in [7, 11) is 1.85. The number of anilines is 1. The number of carbonyl (C=O) groups is 2. The van der Waals surface area contributed by atoms with Crippen molar-refractivity contribution < 1.29 is 19.1 Å². The molecule has 2 aromatic carbocycles. The molecular formula is C26H32N4O4S. The summed E-state index contributed by atoms with van der Waals surface area (Å²) in [5, 5.41) is 11.9. The number of hydrogen-bond donors (Lipinski definition) is 1. The van der Waals surface area contributed by atoms with E-state index < -0.39 is 5.97 Å². The third-order valence-electron chi connectivity index (χ3n) is 5.22. The van der Waals surface area contributed by atoms with Crippen molar-refractivity contribution in [3.63, 3.8) is 0 Å². The van der Waals surface area contributed by atoms with Crippen LogP contribution in [0, 0.1) is 6.92 Å². The second kappa shape index (κ2) is 12.4. The van der Waals surface area contributed by atoms with Gasteiger partial charge in [0.05, 0.1) is 17.9 Å². The van der Waals surface area contributed by atoms with E-state index in [9.17, 15) is 9.59 Å². The molecule has 9 heteroatoms. The number of rotatable bonds is 11. The van der Waals surface area contributed by atoms with Crippen molar-refractivity contribution in [1.82, 2.24) is 14.8 Å². The molecule has 3 aromatic rings. The molecule has 0 aliphatic heterocycles. The van der Waals surface area contributed by atoms with E-state index in [2.05, 4.69) is 41.5 Å². The second-order valence-electron chi connectivity index (χ2n) is 8.50. The Hall–Kier alpha value is -3.33.